The summed E-state index contributed by atoms with van der Waals surface area (Å²) in [7, 11) is -2.92. The van der Waals surface area contributed by atoms with Gasteiger partial charge in [-0.25, -0.2) is 8.42 Å². The van der Waals surface area contributed by atoms with Gasteiger partial charge < -0.3 is 10.5 Å². The summed E-state index contributed by atoms with van der Waals surface area (Å²) in [5, 5.41) is -0.209. The highest BCUT2D eigenvalue weighted by Crippen LogP contribution is 2.30. The molecule has 5 heteroatoms. The van der Waals surface area contributed by atoms with Crippen molar-refractivity contribution in [1.29, 1.82) is 0 Å². The van der Waals surface area contributed by atoms with Crippen LogP contribution in [0.4, 0.5) is 0 Å². The van der Waals surface area contributed by atoms with Crippen molar-refractivity contribution in [2.24, 2.45) is 5.73 Å². The summed E-state index contributed by atoms with van der Waals surface area (Å²) in [5.74, 6) is 0. The number of hydrogen-bond acceptors (Lipinski definition) is 4. The topological polar surface area (TPSA) is 69.4 Å². The van der Waals surface area contributed by atoms with E-state index in [-0.39, 0.29) is 23.5 Å². The van der Waals surface area contributed by atoms with Gasteiger partial charge in [-0.05, 0) is 44.9 Å². The summed E-state index contributed by atoms with van der Waals surface area (Å²) in [6, 6.07) is 0.147. The molecule has 2 aliphatic rings. The van der Waals surface area contributed by atoms with E-state index in [1.54, 1.807) is 0 Å². The lowest BCUT2D eigenvalue weighted by Gasteiger charge is -2.31. The van der Waals surface area contributed by atoms with Gasteiger partial charge in [-0.2, -0.15) is 0 Å². The monoisotopic (exact) mass is 261 g/mol. The minimum Gasteiger partial charge on any atom is -0.373 e. The normalized spacial score (nSPS) is 39.4. The highest BCUT2D eigenvalue weighted by molar-refractivity contribution is 7.91. The van der Waals surface area contributed by atoms with E-state index in [9.17, 15) is 8.42 Å². The summed E-state index contributed by atoms with van der Waals surface area (Å²) in [6.45, 7) is 0. The lowest BCUT2D eigenvalue weighted by Crippen LogP contribution is -2.38. The van der Waals surface area contributed by atoms with Gasteiger partial charge in [0.15, 0.2) is 0 Å². The number of ether oxygens (including phenoxy) is 1. The Morgan fingerprint density at radius 2 is 1.82 bits per heavy atom. The molecule has 4 atom stereocenters. The van der Waals surface area contributed by atoms with E-state index in [1.807, 2.05) is 0 Å². The molecule has 2 N–H and O–H groups in total. The molecule has 0 aliphatic heterocycles. The Morgan fingerprint density at radius 1 is 1.12 bits per heavy atom. The van der Waals surface area contributed by atoms with Crippen LogP contribution in [-0.2, 0) is 14.6 Å². The molecule has 0 aromatic carbocycles. The minimum absolute atomic E-state index is 0.0950. The Kier molecular flexibility index (Phi) is 4.10. The van der Waals surface area contributed by atoms with Gasteiger partial charge in [0.1, 0.15) is 9.84 Å². The van der Waals surface area contributed by atoms with Crippen LogP contribution in [0.5, 0.6) is 0 Å². The molecule has 17 heavy (non-hydrogen) atoms. The molecule has 0 bridgehead atoms. The fraction of sp³-hybridized carbons (Fsp3) is 1.00. The van der Waals surface area contributed by atoms with E-state index in [0.717, 1.165) is 38.5 Å². The number of nitrogens with two attached hydrogens (primary N) is 1. The second kappa shape index (κ2) is 5.24. The molecule has 0 amide bonds. The van der Waals surface area contributed by atoms with Crippen LogP contribution in [0, 0.1) is 0 Å². The molecule has 2 fully saturated rings. The van der Waals surface area contributed by atoms with Crippen LogP contribution in [0.3, 0.4) is 0 Å². The number of hydrogen-bond donors (Lipinski definition) is 1. The first-order valence-corrected chi connectivity index (χ1v) is 8.52. The lowest BCUT2D eigenvalue weighted by atomic mass is 9.97. The highest BCUT2D eigenvalue weighted by Gasteiger charge is 2.33. The smallest absolute Gasteiger partial charge is 0.150 e. The Balaban J connectivity index is 1.89. The van der Waals surface area contributed by atoms with Crippen molar-refractivity contribution in [3.8, 4) is 0 Å². The largest absolute Gasteiger partial charge is 0.373 e. The molecule has 100 valence electrons. The second-order valence-corrected chi connectivity index (χ2v) is 7.84. The molecule has 0 spiro atoms. The Labute approximate surface area is 104 Å². The van der Waals surface area contributed by atoms with Gasteiger partial charge >= 0.3 is 0 Å². The molecule has 0 radical (unpaired) electrons. The summed E-state index contributed by atoms with van der Waals surface area (Å²) >= 11 is 0. The van der Waals surface area contributed by atoms with E-state index in [2.05, 4.69) is 0 Å². The summed E-state index contributed by atoms with van der Waals surface area (Å²) in [5.41, 5.74) is 5.97. The first-order chi connectivity index (χ1) is 7.97. The molecule has 2 rings (SSSR count). The van der Waals surface area contributed by atoms with Crippen molar-refractivity contribution in [2.45, 2.75) is 68.4 Å². The van der Waals surface area contributed by atoms with Gasteiger partial charge in [0.25, 0.3) is 0 Å². The first kappa shape index (κ1) is 13.3. The van der Waals surface area contributed by atoms with Crippen molar-refractivity contribution in [1.82, 2.24) is 0 Å². The lowest BCUT2D eigenvalue weighted by molar-refractivity contribution is -0.0318. The van der Waals surface area contributed by atoms with Crippen LogP contribution in [0.15, 0.2) is 0 Å². The van der Waals surface area contributed by atoms with Gasteiger partial charge in [0, 0.05) is 12.3 Å². The summed E-state index contributed by atoms with van der Waals surface area (Å²) in [4.78, 5) is 0. The molecular weight excluding hydrogens is 238 g/mol. The molecule has 0 aromatic heterocycles. The quantitative estimate of drug-likeness (QED) is 0.830. The maximum absolute atomic E-state index is 11.6. The second-order valence-electron chi connectivity index (χ2n) is 5.51. The summed E-state index contributed by atoms with van der Waals surface area (Å²) in [6.07, 6.45) is 8.15. The van der Waals surface area contributed by atoms with Gasteiger partial charge in [0.2, 0.25) is 0 Å². The maximum Gasteiger partial charge on any atom is 0.150 e. The van der Waals surface area contributed by atoms with Gasteiger partial charge in [-0.15, -0.1) is 0 Å². The molecule has 2 saturated carbocycles. The number of sulfone groups is 1. The van der Waals surface area contributed by atoms with Crippen LogP contribution in [-0.4, -0.2) is 38.2 Å². The average Bonchev–Trinajstić information content (AvgIpc) is 2.64. The van der Waals surface area contributed by atoms with Gasteiger partial charge in [0.05, 0.1) is 17.5 Å². The highest BCUT2D eigenvalue weighted by atomic mass is 32.2. The van der Waals surface area contributed by atoms with Crippen LogP contribution >= 0.6 is 0 Å². The zero-order valence-corrected chi connectivity index (χ0v) is 11.3. The molecule has 2 aliphatic carbocycles. The molecule has 4 nitrogen and oxygen atoms in total. The molecule has 0 heterocycles. The van der Waals surface area contributed by atoms with Crippen molar-refractivity contribution in [3.63, 3.8) is 0 Å². The SMILES string of the molecule is CS(=O)(=O)C1CCCC(OC2CCCC2N)C1. The van der Waals surface area contributed by atoms with Crippen LogP contribution in [0.2, 0.25) is 0 Å². The predicted octanol–water partition coefficient (Wildman–Crippen LogP) is 1.24. The van der Waals surface area contributed by atoms with Crippen LogP contribution < -0.4 is 5.73 Å². The Hall–Kier alpha value is -0.130. The van der Waals surface area contributed by atoms with Gasteiger partial charge in [-0.3, -0.25) is 0 Å². The van der Waals surface area contributed by atoms with Crippen molar-refractivity contribution in [2.75, 3.05) is 6.26 Å². The minimum atomic E-state index is -2.92. The maximum atomic E-state index is 11.6. The third kappa shape index (κ3) is 3.42. The van der Waals surface area contributed by atoms with Crippen molar-refractivity contribution < 1.29 is 13.2 Å². The Morgan fingerprint density at radius 3 is 2.41 bits per heavy atom. The summed E-state index contributed by atoms with van der Waals surface area (Å²) < 4.78 is 29.1. The van der Waals surface area contributed by atoms with E-state index in [4.69, 9.17) is 10.5 Å². The van der Waals surface area contributed by atoms with E-state index in [0.29, 0.717) is 6.42 Å². The fourth-order valence-corrected chi connectivity index (χ4v) is 4.14. The van der Waals surface area contributed by atoms with E-state index >= 15 is 0 Å². The van der Waals surface area contributed by atoms with E-state index in [1.165, 1.54) is 6.26 Å². The number of rotatable bonds is 3. The average molecular weight is 261 g/mol. The van der Waals surface area contributed by atoms with Crippen LogP contribution in [0.25, 0.3) is 0 Å². The van der Waals surface area contributed by atoms with E-state index < -0.39 is 9.84 Å². The first-order valence-electron chi connectivity index (χ1n) is 6.56. The molecule has 0 saturated heterocycles. The predicted molar refractivity (Wildman–Crippen MR) is 67.6 cm³/mol. The molecule has 4 unspecified atom stereocenters. The molecule has 0 aromatic rings. The Bertz CT molecular complexity index is 355. The third-order valence-corrected chi connectivity index (χ3v) is 5.69. The molecular formula is C12H23NO3S. The van der Waals surface area contributed by atoms with Crippen molar-refractivity contribution >= 4 is 9.84 Å². The van der Waals surface area contributed by atoms with Crippen molar-refractivity contribution in [3.05, 3.63) is 0 Å². The standard InChI is InChI=1S/C12H23NO3S/c1-17(14,15)10-5-2-4-9(8-10)16-12-7-3-6-11(12)13/h9-12H,2-8,13H2,1H3. The zero-order valence-electron chi connectivity index (χ0n) is 10.5. The zero-order chi connectivity index (χ0) is 12.5. The van der Waals surface area contributed by atoms with Crippen LogP contribution in [0.1, 0.15) is 44.9 Å². The van der Waals surface area contributed by atoms with Gasteiger partial charge in [-0.1, -0.05) is 0 Å². The fourth-order valence-electron chi connectivity index (χ4n) is 2.99. The third-order valence-electron chi connectivity index (χ3n) is 4.05.